The van der Waals surface area contributed by atoms with Crippen molar-refractivity contribution in [1.82, 2.24) is 10.2 Å². The number of aryl methyl sites for hydroxylation is 1. The molecule has 0 radical (unpaired) electrons. The molecule has 0 spiro atoms. The summed E-state index contributed by atoms with van der Waals surface area (Å²) in [6.07, 6.45) is 0.765. The Morgan fingerprint density at radius 3 is 2.55 bits per heavy atom. The second-order valence-electron chi connectivity index (χ2n) is 4.83. The van der Waals surface area contributed by atoms with Crippen molar-refractivity contribution in [3.05, 3.63) is 29.6 Å². The number of halogens is 1. The fourth-order valence-corrected chi connectivity index (χ4v) is 1.62. The molecule has 1 aromatic rings. The normalized spacial score (nSPS) is 10.4. The first kappa shape index (κ1) is 16.1. The van der Waals surface area contributed by atoms with Crippen LogP contribution in [0.15, 0.2) is 18.2 Å². The molecule has 6 heteroatoms. The molecule has 1 rings (SSSR count). The van der Waals surface area contributed by atoms with E-state index < -0.39 is 11.8 Å². The fraction of sp³-hybridized carbons (Fsp3) is 0.429. The van der Waals surface area contributed by atoms with Crippen LogP contribution >= 0.6 is 0 Å². The highest BCUT2D eigenvalue weighted by Gasteiger charge is 2.14. The van der Waals surface area contributed by atoms with E-state index in [0.717, 1.165) is 13.0 Å². The van der Waals surface area contributed by atoms with Crippen molar-refractivity contribution in [2.75, 3.05) is 32.5 Å². The number of hydrogen-bond donors (Lipinski definition) is 2. The Hall–Kier alpha value is -1.95. The molecule has 0 heterocycles. The van der Waals surface area contributed by atoms with Crippen LogP contribution in [0, 0.1) is 12.7 Å². The van der Waals surface area contributed by atoms with Gasteiger partial charge in [-0.05, 0) is 57.7 Å². The Morgan fingerprint density at radius 1 is 1.25 bits per heavy atom. The third kappa shape index (κ3) is 5.36. The number of carbonyl (C=O) groups excluding carboxylic acids is 2. The molecule has 0 aliphatic heterocycles. The summed E-state index contributed by atoms with van der Waals surface area (Å²) < 4.78 is 12.9. The summed E-state index contributed by atoms with van der Waals surface area (Å²) in [5, 5.41) is 5.00. The van der Waals surface area contributed by atoms with Crippen molar-refractivity contribution in [3.63, 3.8) is 0 Å². The van der Waals surface area contributed by atoms with Gasteiger partial charge in [0.25, 0.3) is 0 Å². The van der Waals surface area contributed by atoms with Gasteiger partial charge in [-0.25, -0.2) is 4.39 Å². The maximum absolute atomic E-state index is 12.9. The van der Waals surface area contributed by atoms with E-state index in [2.05, 4.69) is 10.6 Å². The van der Waals surface area contributed by atoms with Crippen LogP contribution in [0.1, 0.15) is 12.0 Å². The van der Waals surface area contributed by atoms with Crippen molar-refractivity contribution in [2.45, 2.75) is 13.3 Å². The van der Waals surface area contributed by atoms with Crippen molar-refractivity contribution in [3.8, 4) is 0 Å². The molecule has 0 saturated carbocycles. The van der Waals surface area contributed by atoms with E-state index in [-0.39, 0.29) is 5.82 Å². The summed E-state index contributed by atoms with van der Waals surface area (Å²) in [7, 11) is 3.87. The average molecular weight is 281 g/mol. The van der Waals surface area contributed by atoms with Gasteiger partial charge in [0.1, 0.15) is 5.82 Å². The van der Waals surface area contributed by atoms with Gasteiger partial charge in [0.2, 0.25) is 0 Å². The molecule has 110 valence electrons. The van der Waals surface area contributed by atoms with Gasteiger partial charge in [0.05, 0.1) is 0 Å². The lowest BCUT2D eigenvalue weighted by Gasteiger charge is -2.10. The van der Waals surface area contributed by atoms with Crippen LogP contribution in [-0.4, -0.2) is 43.9 Å². The molecule has 0 saturated heterocycles. The summed E-state index contributed by atoms with van der Waals surface area (Å²) in [6.45, 7) is 2.93. The van der Waals surface area contributed by atoms with Gasteiger partial charge in [-0.3, -0.25) is 9.59 Å². The zero-order valence-corrected chi connectivity index (χ0v) is 12.0. The standard InChI is InChI=1S/C14H20FN3O2/c1-10-9-11(15)5-6-12(10)17-14(20)13(19)16-7-4-8-18(2)3/h5-6,9H,4,7-8H2,1-3H3,(H,16,19)(H,17,20). The molecule has 2 N–H and O–H groups in total. The lowest BCUT2D eigenvalue weighted by molar-refractivity contribution is -0.136. The molecule has 20 heavy (non-hydrogen) atoms. The zero-order chi connectivity index (χ0) is 15.1. The quantitative estimate of drug-likeness (QED) is 0.628. The summed E-state index contributed by atoms with van der Waals surface area (Å²) in [6, 6.07) is 3.96. The molecule has 0 fully saturated rings. The average Bonchev–Trinajstić information content (AvgIpc) is 2.37. The van der Waals surface area contributed by atoms with Crippen molar-refractivity contribution >= 4 is 17.5 Å². The minimum absolute atomic E-state index is 0.381. The Bertz CT molecular complexity index is 489. The second-order valence-corrected chi connectivity index (χ2v) is 4.83. The lowest BCUT2D eigenvalue weighted by atomic mass is 10.2. The first-order valence-corrected chi connectivity index (χ1v) is 6.40. The van der Waals surface area contributed by atoms with Crippen molar-refractivity contribution < 1.29 is 14.0 Å². The number of rotatable bonds is 5. The summed E-state index contributed by atoms with van der Waals surface area (Å²) in [4.78, 5) is 25.2. The Morgan fingerprint density at radius 2 is 1.95 bits per heavy atom. The maximum Gasteiger partial charge on any atom is 0.313 e. The van der Waals surface area contributed by atoms with Gasteiger partial charge in [-0.15, -0.1) is 0 Å². The zero-order valence-electron chi connectivity index (χ0n) is 12.0. The number of nitrogens with zero attached hydrogens (tertiary/aromatic N) is 1. The number of hydrogen-bond acceptors (Lipinski definition) is 3. The van der Waals surface area contributed by atoms with Gasteiger partial charge in [0.15, 0.2) is 0 Å². The predicted molar refractivity (Wildman–Crippen MR) is 75.9 cm³/mol. The molecule has 0 unspecified atom stereocenters. The molecule has 1 aromatic carbocycles. The van der Waals surface area contributed by atoms with E-state index in [4.69, 9.17) is 0 Å². The Kier molecular flexibility index (Phi) is 6.11. The highest BCUT2D eigenvalue weighted by atomic mass is 19.1. The monoisotopic (exact) mass is 281 g/mol. The minimum atomic E-state index is -0.746. The van der Waals surface area contributed by atoms with Gasteiger partial charge in [-0.2, -0.15) is 0 Å². The lowest BCUT2D eigenvalue weighted by Crippen LogP contribution is -2.36. The smallest absolute Gasteiger partial charge is 0.313 e. The highest BCUT2D eigenvalue weighted by molar-refractivity contribution is 6.39. The Labute approximate surface area is 118 Å². The molecular weight excluding hydrogens is 261 g/mol. The topological polar surface area (TPSA) is 61.4 Å². The van der Waals surface area contributed by atoms with Crippen LogP contribution in [0.25, 0.3) is 0 Å². The predicted octanol–water partition coefficient (Wildman–Crippen LogP) is 1.14. The minimum Gasteiger partial charge on any atom is -0.348 e. The van der Waals surface area contributed by atoms with Crippen LogP contribution in [0.4, 0.5) is 10.1 Å². The van der Waals surface area contributed by atoms with Gasteiger partial charge in [0, 0.05) is 12.2 Å². The summed E-state index contributed by atoms with van der Waals surface area (Å²) >= 11 is 0. The fourth-order valence-electron chi connectivity index (χ4n) is 1.62. The van der Waals surface area contributed by atoms with Gasteiger partial charge in [-0.1, -0.05) is 0 Å². The third-order valence-electron chi connectivity index (χ3n) is 2.71. The maximum atomic E-state index is 12.9. The number of amides is 2. The molecular formula is C14H20FN3O2. The first-order valence-electron chi connectivity index (χ1n) is 6.40. The van der Waals surface area contributed by atoms with Crippen LogP contribution in [0.5, 0.6) is 0 Å². The van der Waals surface area contributed by atoms with Crippen LogP contribution in [0.2, 0.25) is 0 Å². The first-order chi connectivity index (χ1) is 9.40. The summed E-state index contributed by atoms with van der Waals surface area (Å²) in [5.41, 5.74) is 0.999. The van der Waals surface area contributed by atoms with Crippen LogP contribution in [-0.2, 0) is 9.59 Å². The summed E-state index contributed by atoms with van der Waals surface area (Å²) in [5.74, 6) is -1.81. The van der Waals surface area contributed by atoms with Gasteiger partial charge >= 0.3 is 11.8 Å². The highest BCUT2D eigenvalue weighted by Crippen LogP contribution is 2.15. The van der Waals surface area contributed by atoms with E-state index in [1.165, 1.54) is 18.2 Å². The molecule has 0 aromatic heterocycles. The molecule has 0 bridgehead atoms. The molecule has 0 aliphatic rings. The molecule has 2 amide bonds. The van der Waals surface area contributed by atoms with Crippen molar-refractivity contribution in [2.24, 2.45) is 0 Å². The number of carbonyl (C=O) groups is 2. The number of anilines is 1. The van der Waals surface area contributed by atoms with Crippen molar-refractivity contribution in [1.29, 1.82) is 0 Å². The molecule has 0 aliphatic carbocycles. The molecule has 0 atom stereocenters. The second kappa shape index (κ2) is 7.59. The van der Waals surface area contributed by atoms with E-state index >= 15 is 0 Å². The van der Waals surface area contributed by atoms with E-state index in [0.29, 0.717) is 17.8 Å². The van der Waals surface area contributed by atoms with Crippen LogP contribution < -0.4 is 10.6 Å². The number of nitrogens with one attached hydrogen (secondary N) is 2. The number of benzene rings is 1. The largest absolute Gasteiger partial charge is 0.348 e. The third-order valence-corrected chi connectivity index (χ3v) is 2.71. The van der Waals surface area contributed by atoms with E-state index in [9.17, 15) is 14.0 Å². The van der Waals surface area contributed by atoms with E-state index in [1.807, 2.05) is 19.0 Å². The van der Waals surface area contributed by atoms with E-state index in [1.54, 1.807) is 6.92 Å². The van der Waals surface area contributed by atoms with Crippen LogP contribution in [0.3, 0.4) is 0 Å². The SMILES string of the molecule is Cc1cc(F)ccc1NC(=O)C(=O)NCCCN(C)C. The Balaban J connectivity index is 2.43. The van der Waals surface area contributed by atoms with Gasteiger partial charge < -0.3 is 15.5 Å². The molecule has 5 nitrogen and oxygen atoms in total.